The molecule has 2 fully saturated rings. The fourth-order valence-electron chi connectivity index (χ4n) is 4.07. The highest BCUT2D eigenvalue weighted by molar-refractivity contribution is 7.80. The molecule has 0 spiro atoms. The molecule has 0 unspecified atom stereocenters. The van der Waals surface area contributed by atoms with E-state index >= 15 is 0 Å². The molecule has 0 radical (unpaired) electrons. The van der Waals surface area contributed by atoms with Crippen molar-refractivity contribution in [2.75, 3.05) is 25.4 Å². The molecule has 21 heavy (non-hydrogen) atoms. The molecule has 1 saturated carbocycles. The normalized spacial score (nSPS) is 28.5. The van der Waals surface area contributed by atoms with Gasteiger partial charge in [-0.1, -0.05) is 36.8 Å². The zero-order valence-corrected chi connectivity index (χ0v) is 13.3. The number of benzene rings is 1. The van der Waals surface area contributed by atoms with Crippen LogP contribution in [0.15, 0.2) is 30.3 Å². The second-order valence-electron chi connectivity index (χ2n) is 6.38. The van der Waals surface area contributed by atoms with Crippen molar-refractivity contribution in [2.24, 2.45) is 11.3 Å². The van der Waals surface area contributed by atoms with Gasteiger partial charge in [0.15, 0.2) is 0 Å². The van der Waals surface area contributed by atoms with Gasteiger partial charge in [-0.15, -0.1) is 0 Å². The van der Waals surface area contributed by atoms with Crippen molar-refractivity contribution in [1.29, 1.82) is 0 Å². The van der Waals surface area contributed by atoms with Crippen LogP contribution >= 0.6 is 12.6 Å². The molecule has 1 aliphatic carbocycles. The van der Waals surface area contributed by atoms with Gasteiger partial charge in [-0.3, -0.25) is 9.69 Å². The zero-order chi connectivity index (χ0) is 14.7. The van der Waals surface area contributed by atoms with E-state index in [0.717, 1.165) is 26.1 Å². The standard InChI is InChI=1S/C17H24N2OS/c20-16(18-9-10-21)17-8-4-7-15(17)12-19(13-17)11-14-5-2-1-3-6-14/h1-3,5-6,15,21H,4,7-13H2,(H,18,20)/t15-,17-/m0/s1. The summed E-state index contributed by atoms with van der Waals surface area (Å²) in [5.74, 6) is 1.50. The number of nitrogens with zero attached hydrogens (tertiary/aromatic N) is 1. The smallest absolute Gasteiger partial charge is 0.227 e. The lowest BCUT2D eigenvalue weighted by molar-refractivity contribution is -0.131. The lowest BCUT2D eigenvalue weighted by Crippen LogP contribution is -2.44. The number of carbonyl (C=O) groups excluding carboxylic acids is 1. The third kappa shape index (κ3) is 2.97. The minimum atomic E-state index is -0.141. The fraction of sp³-hybridized carbons (Fsp3) is 0.588. The number of nitrogens with one attached hydrogen (secondary N) is 1. The molecule has 4 heteroatoms. The van der Waals surface area contributed by atoms with Crippen molar-refractivity contribution < 1.29 is 4.79 Å². The summed E-state index contributed by atoms with van der Waals surface area (Å²) in [6.45, 7) is 3.60. The van der Waals surface area contributed by atoms with E-state index in [2.05, 4.69) is 53.2 Å². The summed E-state index contributed by atoms with van der Waals surface area (Å²) in [6.07, 6.45) is 3.43. The molecule has 114 valence electrons. The molecular weight excluding hydrogens is 280 g/mol. The quantitative estimate of drug-likeness (QED) is 0.819. The Morgan fingerprint density at radius 2 is 2.19 bits per heavy atom. The van der Waals surface area contributed by atoms with E-state index in [0.29, 0.717) is 18.2 Å². The highest BCUT2D eigenvalue weighted by Crippen LogP contribution is 2.49. The van der Waals surface area contributed by atoms with Crippen molar-refractivity contribution in [3.8, 4) is 0 Å². The Bertz CT molecular complexity index is 493. The van der Waals surface area contributed by atoms with Gasteiger partial charge in [0.2, 0.25) is 5.91 Å². The summed E-state index contributed by atoms with van der Waals surface area (Å²) < 4.78 is 0. The lowest BCUT2D eigenvalue weighted by Gasteiger charge is -2.27. The minimum Gasteiger partial charge on any atom is -0.355 e. The van der Waals surface area contributed by atoms with E-state index in [4.69, 9.17) is 0 Å². The Hall–Kier alpha value is -1.00. The third-order valence-electron chi connectivity index (χ3n) is 5.04. The van der Waals surface area contributed by atoms with E-state index in [9.17, 15) is 4.79 Å². The number of thiol groups is 1. The number of carbonyl (C=O) groups is 1. The Kier molecular flexibility index (Phi) is 4.55. The van der Waals surface area contributed by atoms with Crippen molar-refractivity contribution in [1.82, 2.24) is 10.2 Å². The Labute approximate surface area is 132 Å². The van der Waals surface area contributed by atoms with E-state index < -0.39 is 0 Å². The highest BCUT2D eigenvalue weighted by Gasteiger charge is 2.53. The van der Waals surface area contributed by atoms with Gasteiger partial charge in [0.25, 0.3) is 0 Å². The fourth-order valence-corrected chi connectivity index (χ4v) is 4.18. The van der Waals surface area contributed by atoms with Crippen LogP contribution in [0.1, 0.15) is 24.8 Å². The Morgan fingerprint density at radius 1 is 1.38 bits per heavy atom. The van der Waals surface area contributed by atoms with Gasteiger partial charge in [0.05, 0.1) is 5.41 Å². The number of likely N-dealkylation sites (tertiary alicyclic amines) is 1. The summed E-state index contributed by atoms with van der Waals surface area (Å²) >= 11 is 4.19. The van der Waals surface area contributed by atoms with Crippen LogP contribution in [-0.4, -0.2) is 36.2 Å². The molecule has 0 bridgehead atoms. The maximum Gasteiger partial charge on any atom is 0.227 e. The average molecular weight is 304 g/mol. The Morgan fingerprint density at radius 3 is 2.95 bits per heavy atom. The molecule has 2 atom stereocenters. The summed E-state index contributed by atoms with van der Waals surface area (Å²) in [4.78, 5) is 15.1. The summed E-state index contributed by atoms with van der Waals surface area (Å²) in [7, 11) is 0. The van der Waals surface area contributed by atoms with Crippen LogP contribution in [0.4, 0.5) is 0 Å². The number of hydrogen-bond donors (Lipinski definition) is 2. The van der Waals surface area contributed by atoms with Gasteiger partial charge < -0.3 is 5.32 Å². The molecule has 2 aliphatic rings. The summed E-state index contributed by atoms with van der Waals surface area (Å²) in [5, 5.41) is 3.08. The molecule has 3 nitrogen and oxygen atoms in total. The predicted molar refractivity (Wildman–Crippen MR) is 88.4 cm³/mol. The van der Waals surface area contributed by atoms with Gasteiger partial charge in [-0.25, -0.2) is 0 Å². The first-order valence-electron chi connectivity index (χ1n) is 7.90. The average Bonchev–Trinajstić information content (AvgIpc) is 3.03. The molecule has 1 aromatic rings. The highest BCUT2D eigenvalue weighted by atomic mass is 32.1. The van der Waals surface area contributed by atoms with Crippen LogP contribution in [0.5, 0.6) is 0 Å². The molecular formula is C17H24N2OS. The number of amides is 1. The molecule has 1 N–H and O–H groups in total. The third-order valence-corrected chi connectivity index (χ3v) is 5.26. The van der Waals surface area contributed by atoms with Crippen molar-refractivity contribution in [2.45, 2.75) is 25.8 Å². The molecule has 1 heterocycles. The molecule has 3 rings (SSSR count). The molecule has 1 amide bonds. The van der Waals surface area contributed by atoms with Crippen molar-refractivity contribution in [3.63, 3.8) is 0 Å². The molecule has 1 aliphatic heterocycles. The van der Waals surface area contributed by atoms with Crippen LogP contribution in [0, 0.1) is 11.3 Å². The number of fused-ring (bicyclic) bond motifs is 1. The monoisotopic (exact) mass is 304 g/mol. The second kappa shape index (κ2) is 6.41. The number of hydrogen-bond acceptors (Lipinski definition) is 3. The van der Waals surface area contributed by atoms with Gasteiger partial charge in [0, 0.05) is 31.9 Å². The predicted octanol–water partition coefficient (Wildman–Crippen LogP) is 2.33. The molecule has 1 aromatic carbocycles. The van der Waals surface area contributed by atoms with E-state index in [-0.39, 0.29) is 11.3 Å². The Balaban J connectivity index is 1.68. The van der Waals surface area contributed by atoms with Crippen molar-refractivity contribution >= 4 is 18.5 Å². The van der Waals surface area contributed by atoms with E-state index in [1.54, 1.807) is 0 Å². The van der Waals surface area contributed by atoms with Crippen LogP contribution < -0.4 is 5.32 Å². The van der Waals surface area contributed by atoms with Crippen LogP contribution in [0.25, 0.3) is 0 Å². The van der Waals surface area contributed by atoms with Crippen LogP contribution in [0.3, 0.4) is 0 Å². The maximum absolute atomic E-state index is 12.6. The van der Waals surface area contributed by atoms with Gasteiger partial charge in [-0.05, 0) is 24.3 Å². The maximum atomic E-state index is 12.6. The first-order valence-corrected chi connectivity index (χ1v) is 8.53. The largest absolute Gasteiger partial charge is 0.355 e. The SMILES string of the molecule is O=C(NCCS)[C@]12CCC[C@H]1CN(Cc1ccccc1)C2. The zero-order valence-electron chi connectivity index (χ0n) is 12.4. The second-order valence-corrected chi connectivity index (χ2v) is 6.83. The first kappa shape index (κ1) is 14.9. The van der Waals surface area contributed by atoms with Gasteiger partial charge in [0.1, 0.15) is 0 Å². The molecule has 1 saturated heterocycles. The summed E-state index contributed by atoms with van der Waals surface area (Å²) in [6, 6.07) is 10.6. The minimum absolute atomic E-state index is 0.141. The first-order chi connectivity index (χ1) is 10.2. The topological polar surface area (TPSA) is 32.3 Å². The van der Waals surface area contributed by atoms with Crippen LogP contribution in [-0.2, 0) is 11.3 Å². The van der Waals surface area contributed by atoms with E-state index in [1.807, 2.05) is 0 Å². The summed E-state index contributed by atoms with van der Waals surface area (Å²) in [5.41, 5.74) is 1.20. The van der Waals surface area contributed by atoms with Crippen molar-refractivity contribution in [3.05, 3.63) is 35.9 Å². The lowest BCUT2D eigenvalue weighted by atomic mass is 9.80. The van der Waals surface area contributed by atoms with E-state index in [1.165, 1.54) is 18.4 Å². The number of rotatable bonds is 5. The van der Waals surface area contributed by atoms with Gasteiger partial charge in [-0.2, -0.15) is 12.6 Å². The van der Waals surface area contributed by atoms with Crippen LogP contribution in [0.2, 0.25) is 0 Å². The molecule has 0 aromatic heterocycles. The van der Waals surface area contributed by atoms with Gasteiger partial charge >= 0.3 is 0 Å².